The average Bonchev–Trinajstić information content (AvgIpc) is 2.32. The van der Waals surface area contributed by atoms with Crippen molar-refractivity contribution >= 4 is 23.1 Å². The highest BCUT2D eigenvalue weighted by Crippen LogP contribution is 2.23. The monoisotopic (exact) mass is 275 g/mol. The van der Waals surface area contributed by atoms with Crippen molar-refractivity contribution in [1.29, 1.82) is 0 Å². The maximum Gasteiger partial charge on any atom is 0.135 e. The summed E-state index contributed by atoms with van der Waals surface area (Å²) in [6.07, 6.45) is 0. The van der Waals surface area contributed by atoms with E-state index in [4.69, 9.17) is 11.6 Å². The molecule has 1 aromatic heterocycles. The summed E-state index contributed by atoms with van der Waals surface area (Å²) in [5.74, 6) is 1.73. The average molecular weight is 276 g/mol. The van der Waals surface area contributed by atoms with Crippen LogP contribution in [0.3, 0.4) is 0 Å². The Morgan fingerprint density at radius 3 is 2.47 bits per heavy atom. The summed E-state index contributed by atoms with van der Waals surface area (Å²) in [7, 11) is 0. The van der Waals surface area contributed by atoms with Crippen LogP contribution in [0.2, 0.25) is 5.15 Å². The largest absolute Gasteiger partial charge is 0.340 e. The maximum atomic E-state index is 6.03. The molecule has 0 aliphatic heterocycles. The van der Waals surface area contributed by atoms with Gasteiger partial charge in [0, 0.05) is 17.7 Å². The molecule has 0 radical (unpaired) electrons. The van der Waals surface area contributed by atoms with Gasteiger partial charge in [-0.25, -0.2) is 9.97 Å². The van der Waals surface area contributed by atoms with Crippen molar-refractivity contribution in [3.63, 3.8) is 0 Å². The molecule has 100 valence electrons. The summed E-state index contributed by atoms with van der Waals surface area (Å²) >= 11 is 6.03. The van der Waals surface area contributed by atoms with E-state index in [1.54, 1.807) is 6.07 Å². The number of aromatic nitrogens is 2. The van der Waals surface area contributed by atoms with Gasteiger partial charge in [0.15, 0.2) is 0 Å². The van der Waals surface area contributed by atoms with E-state index < -0.39 is 0 Å². The molecule has 0 unspecified atom stereocenters. The molecule has 0 fully saturated rings. The number of nitrogens with one attached hydrogen (secondary N) is 1. The van der Waals surface area contributed by atoms with Crippen molar-refractivity contribution in [1.82, 2.24) is 9.97 Å². The Labute approximate surface area is 119 Å². The molecular formula is C15H18ClN3. The molecule has 0 spiro atoms. The van der Waals surface area contributed by atoms with Gasteiger partial charge in [0.2, 0.25) is 0 Å². The van der Waals surface area contributed by atoms with E-state index in [9.17, 15) is 0 Å². The number of hydrogen-bond donors (Lipinski definition) is 1. The third kappa shape index (κ3) is 3.44. The molecule has 3 nitrogen and oxygen atoms in total. The van der Waals surface area contributed by atoms with Crippen LogP contribution in [0, 0.1) is 13.8 Å². The maximum absolute atomic E-state index is 6.03. The van der Waals surface area contributed by atoms with Gasteiger partial charge in [0.1, 0.15) is 16.8 Å². The molecule has 0 bridgehead atoms. The molecule has 1 heterocycles. The number of halogens is 1. The zero-order valence-electron chi connectivity index (χ0n) is 11.7. The van der Waals surface area contributed by atoms with E-state index in [1.807, 2.05) is 13.8 Å². The van der Waals surface area contributed by atoms with Gasteiger partial charge < -0.3 is 5.32 Å². The van der Waals surface area contributed by atoms with Crippen LogP contribution in [-0.2, 0) is 0 Å². The van der Waals surface area contributed by atoms with Crippen LogP contribution in [0.4, 0.5) is 11.5 Å². The van der Waals surface area contributed by atoms with Crippen molar-refractivity contribution in [2.75, 3.05) is 5.32 Å². The van der Waals surface area contributed by atoms with Crippen LogP contribution < -0.4 is 5.32 Å². The molecule has 0 aliphatic carbocycles. The SMILES string of the molecule is Cc1ccc(Nc2cc(Cl)nc(C(C)C)n2)c(C)c1. The van der Waals surface area contributed by atoms with Crippen LogP contribution in [-0.4, -0.2) is 9.97 Å². The third-order valence-electron chi connectivity index (χ3n) is 2.87. The first-order valence-corrected chi connectivity index (χ1v) is 6.72. The Morgan fingerprint density at radius 1 is 1.11 bits per heavy atom. The molecule has 0 saturated carbocycles. The number of aryl methyl sites for hydroxylation is 2. The zero-order chi connectivity index (χ0) is 14.0. The lowest BCUT2D eigenvalue weighted by molar-refractivity contribution is 0.776. The summed E-state index contributed by atoms with van der Waals surface area (Å²) in [6, 6.07) is 8.00. The predicted octanol–water partition coefficient (Wildman–Crippen LogP) is 4.61. The van der Waals surface area contributed by atoms with Crippen LogP contribution in [0.5, 0.6) is 0 Å². The van der Waals surface area contributed by atoms with E-state index in [0.717, 1.165) is 17.3 Å². The van der Waals surface area contributed by atoms with Crippen LogP contribution in [0.15, 0.2) is 24.3 Å². The number of hydrogen-bond acceptors (Lipinski definition) is 3. The van der Waals surface area contributed by atoms with Crippen molar-refractivity contribution < 1.29 is 0 Å². The van der Waals surface area contributed by atoms with Gasteiger partial charge in [-0.3, -0.25) is 0 Å². The smallest absolute Gasteiger partial charge is 0.135 e. The second kappa shape index (κ2) is 5.57. The first-order chi connectivity index (χ1) is 8.95. The fraction of sp³-hybridized carbons (Fsp3) is 0.333. The Bertz CT molecular complexity index is 594. The highest BCUT2D eigenvalue weighted by atomic mass is 35.5. The molecule has 1 aromatic carbocycles. The zero-order valence-corrected chi connectivity index (χ0v) is 12.4. The fourth-order valence-electron chi connectivity index (χ4n) is 1.85. The van der Waals surface area contributed by atoms with Gasteiger partial charge >= 0.3 is 0 Å². The molecule has 0 saturated heterocycles. The minimum absolute atomic E-state index is 0.248. The molecule has 2 aromatic rings. The van der Waals surface area contributed by atoms with E-state index in [1.165, 1.54) is 11.1 Å². The lowest BCUT2D eigenvalue weighted by atomic mass is 10.1. The molecular weight excluding hydrogens is 258 g/mol. The van der Waals surface area contributed by atoms with Gasteiger partial charge in [-0.05, 0) is 25.5 Å². The summed E-state index contributed by atoms with van der Waals surface area (Å²) in [5.41, 5.74) is 3.46. The van der Waals surface area contributed by atoms with E-state index in [2.05, 4.69) is 47.3 Å². The van der Waals surface area contributed by atoms with Gasteiger partial charge in [-0.1, -0.05) is 43.1 Å². The van der Waals surface area contributed by atoms with Crippen molar-refractivity contribution in [3.8, 4) is 0 Å². The molecule has 0 aliphatic rings. The Morgan fingerprint density at radius 2 is 1.84 bits per heavy atom. The summed E-state index contributed by atoms with van der Waals surface area (Å²) in [5, 5.41) is 3.76. The highest BCUT2D eigenvalue weighted by molar-refractivity contribution is 6.29. The number of rotatable bonds is 3. The fourth-order valence-corrected chi connectivity index (χ4v) is 2.04. The number of nitrogens with zero attached hydrogens (tertiary/aromatic N) is 2. The summed E-state index contributed by atoms with van der Waals surface area (Å²) < 4.78 is 0. The first-order valence-electron chi connectivity index (χ1n) is 6.34. The van der Waals surface area contributed by atoms with Crippen LogP contribution >= 0.6 is 11.6 Å². The van der Waals surface area contributed by atoms with Crippen LogP contribution in [0.1, 0.15) is 36.7 Å². The predicted molar refractivity (Wildman–Crippen MR) is 80.3 cm³/mol. The standard InChI is InChI=1S/C15H18ClN3/c1-9(2)15-18-13(16)8-14(19-15)17-12-6-5-10(3)7-11(12)4/h5-9H,1-4H3,(H,17,18,19). The number of anilines is 2. The second-order valence-corrected chi connectivity index (χ2v) is 5.42. The van der Waals surface area contributed by atoms with Crippen LogP contribution in [0.25, 0.3) is 0 Å². The summed E-state index contributed by atoms with van der Waals surface area (Å²) in [6.45, 7) is 8.25. The van der Waals surface area contributed by atoms with E-state index in [-0.39, 0.29) is 5.92 Å². The lowest BCUT2D eigenvalue weighted by Gasteiger charge is -2.12. The Kier molecular flexibility index (Phi) is 4.05. The molecule has 0 amide bonds. The van der Waals surface area contributed by atoms with Gasteiger partial charge in [-0.2, -0.15) is 0 Å². The minimum atomic E-state index is 0.248. The van der Waals surface area contributed by atoms with Crippen molar-refractivity contribution in [3.05, 3.63) is 46.4 Å². The van der Waals surface area contributed by atoms with Gasteiger partial charge in [0.25, 0.3) is 0 Å². The second-order valence-electron chi connectivity index (χ2n) is 5.03. The van der Waals surface area contributed by atoms with Crippen molar-refractivity contribution in [2.24, 2.45) is 0 Å². The topological polar surface area (TPSA) is 37.8 Å². The van der Waals surface area contributed by atoms with E-state index >= 15 is 0 Å². The molecule has 0 atom stereocenters. The molecule has 4 heteroatoms. The lowest BCUT2D eigenvalue weighted by Crippen LogP contribution is -2.02. The highest BCUT2D eigenvalue weighted by Gasteiger charge is 2.08. The van der Waals surface area contributed by atoms with Crippen molar-refractivity contribution in [2.45, 2.75) is 33.6 Å². The summed E-state index contributed by atoms with van der Waals surface area (Å²) in [4.78, 5) is 8.71. The minimum Gasteiger partial charge on any atom is -0.340 e. The normalized spacial score (nSPS) is 10.8. The molecule has 19 heavy (non-hydrogen) atoms. The third-order valence-corrected chi connectivity index (χ3v) is 3.07. The van der Waals surface area contributed by atoms with Gasteiger partial charge in [-0.15, -0.1) is 0 Å². The van der Waals surface area contributed by atoms with E-state index in [0.29, 0.717) is 5.15 Å². The molecule has 2 rings (SSSR count). The Balaban J connectivity index is 2.32. The first kappa shape index (κ1) is 13.8. The Hall–Kier alpha value is -1.61. The molecule has 1 N–H and O–H groups in total. The quantitative estimate of drug-likeness (QED) is 0.831. The van der Waals surface area contributed by atoms with Gasteiger partial charge in [0.05, 0.1) is 0 Å². The number of benzene rings is 1.